The lowest BCUT2D eigenvalue weighted by Gasteiger charge is -2.27. The summed E-state index contributed by atoms with van der Waals surface area (Å²) in [6.07, 6.45) is -2.91. The second kappa shape index (κ2) is 15.7. The third-order valence-electron chi connectivity index (χ3n) is 6.67. The Bertz CT molecular complexity index is 1460. The van der Waals surface area contributed by atoms with Gasteiger partial charge in [-0.15, -0.1) is 0 Å². The number of carbonyl (C=O) groups excluding carboxylic acids is 3. The first kappa shape index (κ1) is 34.5. The number of amides is 2. The van der Waals surface area contributed by atoms with E-state index in [4.69, 9.17) is 9.47 Å². The van der Waals surface area contributed by atoms with E-state index in [1.807, 2.05) is 42.5 Å². The Labute approximate surface area is 260 Å². The molecule has 236 valence electrons. The van der Waals surface area contributed by atoms with Gasteiger partial charge in [0.1, 0.15) is 11.8 Å². The van der Waals surface area contributed by atoms with Gasteiger partial charge in [-0.1, -0.05) is 68.4 Å². The highest BCUT2D eigenvalue weighted by atomic mass is 32.1. The number of carboxylic acid groups (broad SMARTS) is 1. The van der Waals surface area contributed by atoms with Crippen LogP contribution in [0.4, 0.5) is 4.79 Å². The molecule has 2 amide bonds. The van der Waals surface area contributed by atoms with E-state index in [2.05, 4.69) is 10.6 Å². The maximum atomic E-state index is 14.0. The van der Waals surface area contributed by atoms with Crippen LogP contribution < -0.4 is 10.6 Å². The number of aliphatic carboxylic acids is 1. The fourth-order valence-corrected chi connectivity index (χ4v) is 7.13. The van der Waals surface area contributed by atoms with Gasteiger partial charge in [0, 0.05) is 13.1 Å². The van der Waals surface area contributed by atoms with Gasteiger partial charge in [-0.3, -0.25) is 18.9 Å². The van der Waals surface area contributed by atoms with Crippen LogP contribution >= 0.6 is 18.7 Å². The predicted molar refractivity (Wildman–Crippen MR) is 166 cm³/mol. The van der Waals surface area contributed by atoms with Crippen LogP contribution in [0, 0.1) is 11.8 Å². The molecule has 1 heterocycles. The number of thiophene rings is 1. The Morgan fingerprint density at radius 2 is 1.52 bits per heavy atom. The van der Waals surface area contributed by atoms with E-state index in [1.165, 1.54) is 25.2 Å². The SMILES string of the molecule is CC(OC(=O)NC(c1ccsc1)P(=O)(O)CC(Cc1ccc(-c2ccccc2)cc1)C(=O)NC(C)C(=O)O)OC(=O)C(C)C. The summed E-state index contributed by atoms with van der Waals surface area (Å²) in [7, 11) is -4.42. The second-order valence-electron chi connectivity index (χ2n) is 10.6. The van der Waals surface area contributed by atoms with Gasteiger partial charge in [-0.2, -0.15) is 11.3 Å². The Morgan fingerprint density at radius 1 is 0.886 bits per heavy atom. The summed E-state index contributed by atoms with van der Waals surface area (Å²) in [5.74, 6) is -5.61. The topological polar surface area (TPSA) is 168 Å². The van der Waals surface area contributed by atoms with Gasteiger partial charge in [0.2, 0.25) is 19.6 Å². The van der Waals surface area contributed by atoms with Crippen LogP contribution in [0.5, 0.6) is 0 Å². The minimum Gasteiger partial charge on any atom is -0.480 e. The van der Waals surface area contributed by atoms with Crippen molar-refractivity contribution in [2.45, 2.75) is 52.2 Å². The van der Waals surface area contributed by atoms with Crippen molar-refractivity contribution in [2.75, 3.05) is 6.16 Å². The van der Waals surface area contributed by atoms with Crippen molar-refractivity contribution in [2.24, 2.45) is 11.8 Å². The van der Waals surface area contributed by atoms with Crippen LogP contribution in [-0.2, 0) is 34.8 Å². The quantitative estimate of drug-likeness (QED) is 0.102. The standard InChI is InChI=1S/C31H37N2O9PS/c1-19(2)30(37)41-21(4)42-31(38)33-28(25-14-15-44-18-25)43(39,40)17-26(27(34)32-20(3)29(35)36)16-22-10-12-24(13-11-22)23-8-6-5-7-9-23/h5-15,18-21,26,28H,16-17H2,1-4H3,(H,32,34)(H,33,38)(H,35,36)(H,39,40). The molecule has 5 unspecified atom stereocenters. The molecular formula is C31H37N2O9PS. The van der Waals surface area contributed by atoms with Gasteiger partial charge in [-0.05, 0) is 52.4 Å². The summed E-state index contributed by atoms with van der Waals surface area (Å²) in [5.41, 5.74) is 2.94. The molecule has 0 aliphatic carbocycles. The van der Waals surface area contributed by atoms with Crippen LogP contribution in [0.15, 0.2) is 71.4 Å². The Balaban J connectivity index is 1.84. The van der Waals surface area contributed by atoms with Crippen LogP contribution in [-0.4, -0.2) is 52.4 Å². The lowest BCUT2D eigenvalue weighted by Crippen LogP contribution is -2.43. The summed E-state index contributed by atoms with van der Waals surface area (Å²) >= 11 is 1.24. The largest absolute Gasteiger partial charge is 0.480 e. The molecule has 2 aromatic carbocycles. The molecule has 3 aromatic rings. The molecule has 44 heavy (non-hydrogen) atoms. The van der Waals surface area contributed by atoms with E-state index in [0.29, 0.717) is 11.1 Å². The summed E-state index contributed by atoms with van der Waals surface area (Å²) in [6.45, 7) is 5.87. The molecule has 5 atom stereocenters. The molecule has 0 spiro atoms. The average Bonchev–Trinajstić information content (AvgIpc) is 3.50. The smallest absolute Gasteiger partial charge is 0.411 e. The number of hydrogen-bond acceptors (Lipinski definition) is 8. The minimum absolute atomic E-state index is 0.0286. The fraction of sp³-hybridized carbons (Fsp3) is 0.355. The molecule has 0 aliphatic rings. The lowest BCUT2D eigenvalue weighted by molar-refractivity contribution is -0.168. The third-order valence-corrected chi connectivity index (χ3v) is 9.57. The normalized spacial score (nSPS) is 15.2. The highest BCUT2D eigenvalue weighted by Gasteiger charge is 2.39. The molecule has 13 heteroatoms. The number of nitrogens with one attached hydrogen (secondary N) is 2. The number of carboxylic acids is 1. The summed E-state index contributed by atoms with van der Waals surface area (Å²) < 4.78 is 24.1. The number of alkyl carbamates (subject to hydrolysis) is 1. The summed E-state index contributed by atoms with van der Waals surface area (Å²) in [4.78, 5) is 60.7. The predicted octanol–water partition coefficient (Wildman–Crippen LogP) is 5.40. The number of ether oxygens (including phenoxy) is 2. The number of esters is 1. The molecule has 0 saturated carbocycles. The molecule has 0 radical (unpaired) electrons. The highest BCUT2D eigenvalue weighted by molar-refractivity contribution is 7.58. The van der Waals surface area contributed by atoms with Crippen molar-refractivity contribution in [3.05, 3.63) is 82.6 Å². The van der Waals surface area contributed by atoms with Crippen molar-refractivity contribution in [3.63, 3.8) is 0 Å². The van der Waals surface area contributed by atoms with E-state index in [0.717, 1.165) is 11.1 Å². The van der Waals surface area contributed by atoms with Gasteiger partial charge < -0.3 is 30.1 Å². The fourth-order valence-electron chi connectivity index (χ4n) is 4.27. The van der Waals surface area contributed by atoms with Crippen LogP contribution in [0.2, 0.25) is 0 Å². The molecule has 0 fully saturated rings. The molecule has 0 saturated heterocycles. The third kappa shape index (κ3) is 10.0. The molecule has 0 aliphatic heterocycles. The van der Waals surface area contributed by atoms with Gasteiger partial charge in [0.15, 0.2) is 0 Å². The molecule has 4 N–H and O–H groups in total. The van der Waals surface area contributed by atoms with Crippen LogP contribution in [0.25, 0.3) is 11.1 Å². The Hall–Kier alpha value is -3.99. The van der Waals surface area contributed by atoms with Crippen molar-refractivity contribution in [3.8, 4) is 11.1 Å². The van der Waals surface area contributed by atoms with E-state index in [9.17, 15) is 33.7 Å². The zero-order valence-corrected chi connectivity index (χ0v) is 26.5. The number of carbonyl (C=O) groups is 4. The van der Waals surface area contributed by atoms with Gasteiger partial charge in [0.05, 0.1) is 11.8 Å². The van der Waals surface area contributed by atoms with E-state index in [1.54, 1.807) is 42.8 Å². The van der Waals surface area contributed by atoms with Crippen molar-refractivity contribution in [1.29, 1.82) is 0 Å². The summed E-state index contributed by atoms with van der Waals surface area (Å²) in [6, 6.07) is 17.3. The number of hydrogen-bond donors (Lipinski definition) is 4. The van der Waals surface area contributed by atoms with E-state index < -0.39 is 67.4 Å². The van der Waals surface area contributed by atoms with E-state index >= 15 is 0 Å². The van der Waals surface area contributed by atoms with Gasteiger partial charge in [-0.25, -0.2) is 4.79 Å². The Morgan fingerprint density at radius 3 is 2.09 bits per heavy atom. The molecule has 1 aromatic heterocycles. The summed E-state index contributed by atoms with van der Waals surface area (Å²) in [5, 5.41) is 17.4. The van der Waals surface area contributed by atoms with Crippen molar-refractivity contribution in [1.82, 2.24) is 10.6 Å². The average molecular weight is 645 g/mol. The van der Waals surface area contributed by atoms with Crippen molar-refractivity contribution < 1.29 is 43.2 Å². The number of benzene rings is 2. The first-order chi connectivity index (χ1) is 20.8. The zero-order chi connectivity index (χ0) is 32.4. The van der Waals surface area contributed by atoms with Crippen LogP contribution in [0.3, 0.4) is 0 Å². The Kier molecular flexibility index (Phi) is 12.3. The van der Waals surface area contributed by atoms with Crippen molar-refractivity contribution >= 4 is 42.6 Å². The molecule has 0 bridgehead atoms. The molecule has 3 rings (SSSR count). The minimum atomic E-state index is -4.42. The van der Waals surface area contributed by atoms with Crippen LogP contribution in [0.1, 0.15) is 44.6 Å². The number of rotatable bonds is 14. The first-order valence-electron chi connectivity index (χ1n) is 14.0. The van der Waals surface area contributed by atoms with Gasteiger partial charge in [0.25, 0.3) is 0 Å². The second-order valence-corrected chi connectivity index (χ2v) is 13.8. The van der Waals surface area contributed by atoms with E-state index in [-0.39, 0.29) is 6.42 Å². The first-order valence-corrected chi connectivity index (χ1v) is 16.8. The lowest BCUT2D eigenvalue weighted by atomic mass is 9.97. The van der Waals surface area contributed by atoms with Gasteiger partial charge >= 0.3 is 18.0 Å². The maximum absolute atomic E-state index is 14.0. The molecular weight excluding hydrogens is 607 g/mol. The maximum Gasteiger partial charge on any atom is 0.411 e. The monoisotopic (exact) mass is 644 g/mol. The molecule has 11 nitrogen and oxygen atoms in total. The zero-order valence-electron chi connectivity index (χ0n) is 24.8. The highest BCUT2D eigenvalue weighted by Crippen LogP contribution is 2.56.